The van der Waals surface area contributed by atoms with Gasteiger partial charge in [-0.05, 0) is 48.4 Å². The number of hydrogen-bond donors (Lipinski definition) is 1. The molecule has 2 N–H and O–H groups in total. The molecule has 0 saturated carbocycles. The maximum atomic E-state index is 14.2. The summed E-state index contributed by atoms with van der Waals surface area (Å²) in [5, 5.41) is 0. The van der Waals surface area contributed by atoms with Gasteiger partial charge >= 0.3 is 6.18 Å². The molecule has 11 heteroatoms. The van der Waals surface area contributed by atoms with Gasteiger partial charge in [0, 0.05) is 30.3 Å². The first-order valence-corrected chi connectivity index (χ1v) is 11.0. The number of pyridine rings is 1. The van der Waals surface area contributed by atoms with Crippen LogP contribution in [0.5, 0.6) is 0 Å². The number of rotatable bonds is 3. The highest BCUT2D eigenvalue weighted by Crippen LogP contribution is 2.41. The minimum absolute atomic E-state index is 0.0776. The van der Waals surface area contributed by atoms with E-state index in [-0.39, 0.29) is 28.0 Å². The van der Waals surface area contributed by atoms with Crippen molar-refractivity contribution in [2.75, 3.05) is 5.73 Å². The van der Waals surface area contributed by atoms with Crippen molar-refractivity contribution in [1.29, 1.82) is 0 Å². The molecule has 0 aliphatic carbocycles. The molecule has 0 atom stereocenters. The summed E-state index contributed by atoms with van der Waals surface area (Å²) in [5.74, 6) is -2.22. The average Bonchev–Trinajstić information content (AvgIpc) is 3.54. The SMILES string of the molecule is Nc1c(F)cc(C(=O)c2cnc3c(-c4cc5nc6n(c5cc4C(F)(F)F)CCC6)cccn23)cc1F. The fraction of sp³-hybridized carbons (Fsp3) is 0.160. The highest BCUT2D eigenvalue weighted by atomic mass is 19.4. The summed E-state index contributed by atoms with van der Waals surface area (Å²) < 4.78 is 73.5. The third-order valence-electron chi connectivity index (χ3n) is 6.45. The molecule has 0 bridgehead atoms. The lowest BCUT2D eigenvalue weighted by Crippen LogP contribution is -2.09. The molecule has 2 aromatic carbocycles. The smallest absolute Gasteiger partial charge is 0.394 e. The van der Waals surface area contributed by atoms with Gasteiger partial charge in [0.2, 0.25) is 5.78 Å². The van der Waals surface area contributed by atoms with Crippen LogP contribution in [0.15, 0.2) is 48.8 Å². The predicted molar refractivity (Wildman–Crippen MR) is 121 cm³/mol. The summed E-state index contributed by atoms with van der Waals surface area (Å²) in [4.78, 5) is 21.7. The van der Waals surface area contributed by atoms with E-state index in [9.17, 15) is 26.7 Å². The Hall–Kier alpha value is -4.28. The number of hydrogen-bond acceptors (Lipinski definition) is 4. The van der Waals surface area contributed by atoms with Gasteiger partial charge in [0.1, 0.15) is 34.5 Å². The highest BCUT2D eigenvalue weighted by molar-refractivity contribution is 6.08. The molecule has 3 aromatic heterocycles. The van der Waals surface area contributed by atoms with Gasteiger partial charge in [0.25, 0.3) is 0 Å². The van der Waals surface area contributed by atoms with E-state index in [4.69, 9.17) is 5.73 Å². The molecule has 0 spiro atoms. The van der Waals surface area contributed by atoms with Crippen molar-refractivity contribution in [3.63, 3.8) is 0 Å². The van der Waals surface area contributed by atoms with Crippen LogP contribution in [-0.2, 0) is 19.1 Å². The molecule has 0 radical (unpaired) electrons. The molecular formula is C25H16F5N5O. The van der Waals surface area contributed by atoms with E-state index in [1.54, 1.807) is 4.57 Å². The number of nitrogens with zero attached hydrogens (tertiary/aromatic N) is 4. The van der Waals surface area contributed by atoms with Gasteiger partial charge in [-0.3, -0.25) is 9.20 Å². The van der Waals surface area contributed by atoms with Crippen LogP contribution < -0.4 is 5.73 Å². The van der Waals surface area contributed by atoms with Gasteiger partial charge in [-0.15, -0.1) is 0 Å². The van der Waals surface area contributed by atoms with E-state index >= 15 is 0 Å². The van der Waals surface area contributed by atoms with Crippen LogP contribution in [0.4, 0.5) is 27.6 Å². The fourth-order valence-corrected chi connectivity index (χ4v) is 4.77. The van der Waals surface area contributed by atoms with E-state index in [0.717, 1.165) is 36.6 Å². The Kier molecular flexibility index (Phi) is 4.69. The van der Waals surface area contributed by atoms with Crippen molar-refractivity contribution in [3.05, 3.63) is 83.1 Å². The number of ketones is 1. The van der Waals surface area contributed by atoms with E-state index < -0.39 is 34.8 Å². The van der Waals surface area contributed by atoms with Crippen LogP contribution in [0.2, 0.25) is 0 Å². The van der Waals surface area contributed by atoms with Gasteiger partial charge in [-0.1, -0.05) is 0 Å². The summed E-state index contributed by atoms with van der Waals surface area (Å²) in [6.07, 6.45) is -0.541. The molecule has 6 rings (SSSR count). The molecular weight excluding hydrogens is 481 g/mol. The lowest BCUT2D eigenvalue weighted by molar-refractivity contribution is -0.137. The fourth-order valence-electron chi connectivity index (χ4n) is 4.77. The summed E-state index contributed by atoms with van der Waals surface area (Å²) in [6.45, 7) is 0.607. The van der Waals surface area contributed by atoms with Crippen molar-refractivity contribution in [2.24, 2.45) is 0 Å². The second-order valence-corrected chi connectivity index (χ2v) is 8.61. The van der Waals surface area contributed by atoms with E-state index in [2.05, 4.69) is 9.97 Å². The van der Waals surface area contributed by atoms with Gasteiger partial charge in [0.05, 0.1) is 22.8 Å². The zero-order valence-corrected chi connectivity index (χ0v) is 18.4. The molecule has 0 unspecified atom stereocenters. The number of carbonyl (C=O) groups excluding carboxylic acids is 1. The number of fused-ring (bicyclic) bond motifs is 4. The molecule has 0 fully saturated rings. The molecule has 0 amide bonds. The summed E-state index contributed by atoms with van der Waals surface area (Å²) in [5.41, 5.74) is 4.25. The Morgan fingerprint density at radius 2 is 1.81 bits per heavy atom. The van der Waals surface area contributed by atoms with Crippen LogP contribution in [-0.4, -0.2) is 24.7 Å². The van der Waals surface area contributed by atoms with Crippen molar-refractivity contribution in [3.8, 4) is 11.1 Å². The quantitative estimate of drug-likeness (QED) is 0.206. The van der Waals surface area contributed by atoms with E-state index in [1.807, 2.05) is 0 Å². The minimum Gasteiger partial charge on any atom is -0.394 e. The van der Waals surface area contributed by atoms with Crippen molar-refractivity contribution in [1.82, 2.24) is 18.9 Å². The van der Waals surface area contributed by atoms with E-state index in [1.165, 1.54) is 28.8 Å². The second-order valence-electron chi connectivity index (χ2n) is 8.61. The average molecular weight is 497 g/mol. The number of imidazole rings is 2. The number of benzene rings is 2. The van der Waals surface area contributed by atoms with Gasteiger partial charge in [0.15, 0.2) is 0 Å². The van der Waals surface area contributed by atoms with Crippen LogP contribution in [0.25, 0.3) is 27.8 Å². The number of halogens is 5. The standard InChI is InChI=1S/C25H16F5N5O/c26-16-7-12(8-17(27)22(16)31)23(36)20-11-32-24-13(3-1-6-35(20)24)14-9-18-19(10-15(14)25(28,29)30)34-5-2-4-21(34)33-18/h1,3,6-11H,2,4-5,31H2. The number of alkyl halides is 3. The first-order valence-electron chi connectivity index (χ1n) is 11.0. The number of nitrogens with two attached hydrogens (primary N) is 1. The summed E-state index contributed by atoms with van der Waals surface area (Å²) in [6, 6.07) is 7.04. The molecule has 4 heterocycles. The largest absolute Gasteiger partial charge is 0.417 e. The molecule has 1 aliphatic heterocycles. The highest BCUT2D eigenvalue weighted by Gasteiger charge is 2.36. The third-order valence-corrected chi connectivity index (χ3v) is 6.45. The molecule has 0 saturated heterocycles. The van der Waals surface area contributed by atoms with Crippen LogP contribution in [0.1, 0.15) is 33.9 Å². The number of anilines is 1. The van der Waals surface area contributed by atoms with Gasteiger partial charge in [-0.25, -0.2) is 18.7 Å². The maximum absolute atomic E-state index is 14.2. The van der Waals surface area contributed by atoms with Crippen LogP contribution >= 0.6 is 0 Å². The van der Waals surface area contributed by atoms with Crippen LogP contribution in [0.3, 0.4) is 0 Å². The second kappa shape index (κ2) is 7.61. The number of nitrogen functional groups attached to an aromatic ring is 1. The minimum atomic E-state index is -4.66. The van der Waals surface area contributed by atoms with Crippen molar-refractivity contribution in [2.45, 2.75) is 25.6 Å². The molecule has 5 aromatic rings. The zero-order chi connectivity index (χ0) is 25.4. The molecule has 1 aliphatic rings. The lowest BCUT2D eigenvalue weighted by Gasteiger charge is -2.15. The zero-order valence-electron chi connectivity index (χ0n) is 18.4. The monoisotopic (exact) mass is 497 g/mol. The third kappa shape index (κ3) is 3.26. The number of aromatic nitrogens is 4. The Balaban J connectivity index is 1.54. The van der Waals surface area contributed by atoms with Crippen molar-refractivity contribution < 1.29 is 26.7 Å². The molecule has 6 nitrogen and oxygen atoms in total. The topological polar surface area (TPSA) is 78.2 Å². The normalized spacial score (nSPS) is 13.6. The molecule has 182 valence electrons. The summed E-state index contributed by atoms with van der Waals surface area (Å²) in [7, 11) is 0. The first kappa shape index (κ1) is 22.2. The first-order chi connectivity index (χ1) is 17.1. The Bertz CT molecular complexity index is 1690. The Labute approximate surface area is 199 Å². The van der Waals surface area contributed by atoms with Crippen molar-refractivity contribution >= 4 is 28.2 Å². The van der Waals surface area contributed by atoms with Crippen LogP contribution in [0, 0.1) is 11.6 Å². The van der Waals surface area contributed by atoms with E-state index in [0.29, 0.717) is 24.0 Å². The van der Waals surface area contributed by atoms with Gasteiger partial charge in [-0.2, -0.15) is 13.2 Å². The summed E-state index contributed by atoms with van der Waals surface area (Å²) >= 11 is 0. The molecule has 36 heavy (non-hydrogen) atoms. The Morgan fingerprint density at radius 1 is 1.06 bits per heavy atom. The predicted octanol–water partition coefficient (Wildman–Crippen LogP) is 5.41. The lowest BCUT2D eigenvalue weighted by atomic mass is 9.99. The number of carbonyl (C=O) groups is 1. The Morgan fingerprint density at radius 3 is 2.53 bits per heavy atom. The number of aryl methyl sites for hydroxylation is 2. The maximum Gasteiger partial charge on any atom is 0.417 e. The van der Waals surface area contributed by atoms with Gasteiger partial charge < -0.3 is 10.3 Å².